The summed E-state index contributed by atoms with van der Waals surface area (Å²) in [6, 6.07) is 12.5. The lowest BCUT2D eigenvalue weighted by atomic mass is 10.1. The molecule has 0 radical (unpaired) electrons. The lowest BCUT2D eigenvalue weighted by Crippen LogP contribution is -2.21. The first kappa shape index (κ1) is 19.0. The lowest BCUT2D eigenvalue weighted by molar-refractivity contribution is -0.146. The topological polar surface area (TPSA) is 73.9 Å². The summed E-state index contributed by atoms with van der Waals surface area (Å²) in [5.41, 5.74) is 1.32. The highest BCUT2D eigenvalue weighted by atomic mass is 127. The molecule has 132 valence electrons. The third-order valence-corrected chi connectivity index (χ3v) is 3.97. The van der Waals surface area contributed by atoms with E-state index in [4.69, 9.17) is 14.2 Å². The van der Waals surface area contributed by atoms with Crippen molar-refractivity contribution < 1.29 is 23.8 Å². The smallest absolute Gasteiger partial charge is 0.310 e. The molecule has 0 unspecified atom stereocenters. The number of ether oxygens (including phenoxy) is 3. The molecular formula is C18H18INO5. The van der Waals surface area contributed by atoms with Crippen molar-refractivity contribution in [1.82, 2.24) is 0 Å². The molecule has 0 spiro atoms. The van der Waals surface area contributed by atoms with E-state index in [1.54, 1.807) is 31.4 Å². The van der Waals surface area contributed by atoms with Crippen LogP contribution in [0.3, 0.4) is 0 Å². The Balaban J connectivity index is 1.87. The average Bonchev–Trinajstić information content (AvgIpc) is 2.60. The van der Waals surface area contributed by atoms with Crippen LogP contribution >= 0.6 is 22.6 Å². The largest absolute Gasteiger partial charge is 0.497 e. The highest BCUT2D eigenvalue weighted by Gasteiger charge is 2.13. The number of nitrogens with one attached hydrogen (secondary N) is 1. The van der Waals surface area contributed by atoms with Crippen LogP contribution < -0.4 is 14.8 Å². The number of hydrogen-bond donors (Lipinski definition) is 1. The van der Waals surface area contributed by atoms with Gasteiger partial charge in [-0.15, -0.1) is 0 Å². The number of anilines is 1. The van der Waals surface area contributed by atoms with Gasteiger partial charge >= 0.3 is 5.97 Å². The third-order valence-electron chi connectivity index (χ3n) is 3.30. The van der Waals surface area contributed by atoms with E-state index in [-0.39, 0.29) is 13.0 Å². The molecule has 2 rings (SSSR count). The van der Waals surface area contributed by atoms with Crippen molar-refractivity contribution in [3.63, 3.8) is 0 Å². The molecule has 25 heavy (non-hydrogen) atoms. The van der Waals surface area contributed by atoms with E-state index in [9.17, 15) is 9.59 Å². The summed E-state index contributed by atoms with van der Waals surface area (Å²) in [5, 5.41) is 2.68. The molecule has 6 nitrogen and oxygen atoms in total. The molecule has 0 aliphatic heterocycles. The zero-order valence-corrected chi connectivity index (χ0v) is 16.0. The summed E-state index contributed by atoms with van der Waals surface area (Å²) in [4.78, 5) is 23.8. The Hall–Kier alpha value is -2.29. The molecule has 2 aromatic carbocycles. The van der Waals surface area contributed by atoms with Gasteiger partial charge in [0.05, 0.1) is 20.6 Å². The first-order chi connectivity index (χ1) is 12.0. The highest BCUT2D eigenvalue weighted by Crippen LogP contribution is 2.25. The minimum atomic E-state index is -0.513. The van der Waals surface area contributed by atoms with Crippen LogP contribution in [0, 0.1) is 3.57 Å². The minimum Gasteiger partial charge on any atom is -0.497 e. The molecule has 1 N–H and O–H groups in total. The van der Waals surface area contributed by atoms with Crippen molar-refractivity contribution in [3.05, 3.63) is 51.6 Å². The van der Waals surface area contributed by atoms with Crippen molar-refractivity contribution >= 4 is 40.2 Å². The van der Waals surface area contributed by atoms with Crippen LogP contribution in [0.5, 0.6) is 11.5 Å². The summed E-state index contributed by atoms with van der Waals surface area (Å²) >= 11 is 2.15. The zero-order chi connectivity index (χ0) is 18.2. The van der Waals surface area contributed by atoms with Gasteiger partial charge in [0.25, 0.3) is 5.91 Å². The quantitative estimate of drug-likeness (QED) is 0.514. The van der Waals surface area contributed by atoms with Gasteiger partial charge in [0.15, 0.2) is 6.61 Å². The van der Waals surface area contributed by atoms with Crippen LogP contribution in [0.1, 0.15) is 5.56 Å². The Morgan fingerprint density at radius 3 is 2.56 bits per heavy atom. The number of methoxy groups -OCH3 is 2. The molecule has 0 atom stereocenters. The number of rotatable bonds is 7. The molecule has 0 aromatic heterocycles. The summed E-state index contributed by atoms with van der Waals surface area (Å²) in [6.45, 7) is -0.344. The van der Waals surface area contributed by atoms with E-state index in [0.29, 0.717) is 22.7 Å². The Labute approximate surface area is 159 Å². The summed E-state index contributed by atoms with van der Waals surface area (Å²) in [6.07, 6.45) is 0.00365. The predicted octanol–water partition coefficient (Wildman–Crippen LogP) is 3.03. The van der Waals surface area contributed by atoms with Gasteiger partial charge in [-0.05, 0) is 46.9 Å². The Bertz CT molecular complexity index is 763. The van der Waals surface area contributed by atoms with Gasteiger partial charge in [0, 0.05) is 20.9 Å². The highest BCUT2D eigenvalue weighted by molar-refractivity contribution is 14.1. The lowest BCUT2D eigenvalue weighted by Gasteiger charge is -2.10. The van der Waals surface area contributed by atoms with Gasteiger partial charge in [-0.25, -0.2) is 0 Å². The maximum atomic E-state index is 12.0. The normalized spacial score (nSPS) is 10.0. The maximum absolute atomic E-state index is 12.0. The van der Waals surface area contributed by atoms with Crippen LogP contribution in [-0.4, -0.2) is 32.7 Å². The molecule has 2 aromatic rings. The maximum Gasteiger partial charge on any atom is 0.310 e. The van der Waals surface area contributed by atoms with Gasteiger partial charge < -0.3 is 19.5 Å². The van der Waals surface area contributed by atoms with Crippen molar-refractivity contribution in [2.45, 2.75) is 6.42 Å². The first-order valence-electron chi connectivity index (χ1n) is 7.43. The van der Waals surface area contributed by atoms with E-state index < -0.39 is 11.9 Å². The van der Waals surface area contributed by atoms with Gasteiger partial charge in [-0.1, -0.05) is 12.1 Å². The molecule has 0 bridgehead atoms. The van der Waals surface area contributed by atoms with E-state index in [1.165, 1.54) is 7.11 Å². The van der Waals surface area contributed by atoms with Crippen LogP contribution in [0.25, 0.3) is 0 Å². The number of esters is 1. The fourth-order valence-corrected chi connectivity index (χ4v) is 2.66. The number of halogens is 1. The van der Waals surface area contributed by atoms with Gasteiger partial charge in [-0.2, -0.15) is 0 Å². The molecule has 7 heteroatoms. The Morgan fingerprint density at radius 1 is 1.08 bits per heavy atom. The second-order valence-electron chi connectivity index (χ2n) is 5.07. The number of carbonyl (C=O) groups excluding carboxylic acids is 2. The molecule has 0 heterocycles. The second kappa shape index (κ2) is 9.26. The van der Waals surface area contributed by atoms with Crippen molar-refractivity contribution in [3.8, 4) is 11.5 Å². The average molecular weight is 455 g/mol. The van der Waals surface area contributed by atoms with Crippen LogP contribution in [0.2, 0.25) is 0 Å². The Morgan fingerprint density at radius 2 is 1.88 bits per heavy atom. The van der Waals surface area contributed by atoms with Crippen molar-refractivity contribution in [2.24, 2.45) is 0 Å². The van der Waals surface area contributed by atoms with Crippen molar-refractivity contribution in [2.75, 3.05) is 26.1 Å². The molecular weight excluding hydrogens is 437 g/mol. The number of benzene rings is 2. The van der Waals surface area contributed by atoms with E-state index in [1.807, 2.05) is 18.2 Å². The first-order valence-corrected chi connectivity index (χ1v) is 8.51. The number of amides is 1. The van der Waals surface area contributed by atoms with E-state index in [2.05, 4.69) is 27.9 Å². The summed E-state index contributed by atoms with van der Waals surface area (Å²) in [5.74, 6) is 0.253. The molecule has 1 amide bonds. The second-order valence-corrected chi connectivity index (χ2v) is 6.32. The van der Waals surface area contributed by atoms with E-state index in [0.717, 1.165) is 3.57 Å². The predicted molar refractivity (Wildman–Crippen MR) is 102 cm³/mol. The van der Waals surface area contributed by atoms with Crippen LogP contribution in [0.15, 0.2) is 42.5 Å². The molecule has 0 aliphatic rings. The monoisotopic (exact) mass is 455 g/mol. The molecule has 0 saturated heterocycles. The molecule has 0 aliphatic carbocycles. The number of carbonyl (C=O) groups is 2. The van der Waals surface area contributed by atoms with E-state index >= 15 is 0 Å². The van der Waals surface area contributed by atoms with Crippen LogP contribution in [0.4, 0.5) is 5.69 Å². The van der Waals surface area contributed by atoms with Gasteiger partial charge in [-0.3, -0.25) is 9.59 Å². The van der Waals surface area contributed by atoms with Gasteiger partial charge in [0.1, 0.15) is 11.5 Å². The number of hydrogen-bond acceptors (Lipinski definition) is 5. The third kappa shape index (κ3) is 5.93. The Kier molecular flexibility index (Phi) is 7.05. The zero-order valence-electron chi connectivity index (χ0n) is 13.9. The summed E-state index contributed by atoms with van der Waals surface area (Å²) < 4.78 is 16.4. The molecule has 0 fully saturated rings. The minimum absolute atomic E-state index is 0.00365. The summed E-state index contributed by atoms with van der Waals surface area (Å²) in [7, 11) is 3.06. The fraction of sp³-hybridized carbons (Fsp3) is 0.222. The van der Waals surface area contributed by atoms with Crippen LogP contribution in [-0.2, 0) is 20.7 Å². The SMILES string of the molecule is COc1ccc(CC(=O)OCC(=O)Nc2cccc(I)c2)c(OC)c1. The van der Waals surface area contributed by atoms with Crippen molar-refractivity contribution in [1.29, 1.82) is 0 Å². The fourth-order valence-electron chi connectivity index (χ4n) is 2.11. The molecule has 0 saturated carbocycles. The van der Waals surface area contributed by atoms with Gasteiger partial charge in [0.2, 0.25) is 0 Å². The standard InChI is InChI=1S/C18H18INO5/c1-23-15-7-6-12(16(10-15)24-2)8-18(22)25-11-17(21)20-14-5-3-4-13(19)9-14/h3-7,9-10H,8,11H2,1-2H3,(H,20,21).